The van der Waals surface area contributed by atoms with Crippen molar-refractivity contribution in [3.63, 3.8) is 0 Å². The molecule has 0 saturated heterocycles. The van der Waals surface area contributed by atoms with Gasteiger partial charge in [-0.05, 0) is 18.1 Å². The maximum atomic E-state index is 5.12. The fourth-order valence-corrected chi connectivity index (χ4v) is 1.52. The standard InChI is InChI=1S/C11H17N3O2/c1-8-5-4-6-9(10(8)7-16-12)11(13-2)14-15-3/h4-6H,7,12H2,1-3H3,(H,13,14). The average molecular weight is 223 g/mol. The number of nitrogens with two attached hydrogens (primary N) is 1. The summed E-state index contributed by atoms with van der Waals surface area (Å²) in [5.41, 5.74) is 5.75. The Hall–Kier alpha value is -1.43. The van der Waals surface area contributed by atoms with Gasteiger partial charge in [0.25, 0.3) is 0 Å². The highest BCUT2D eigenvalue weighted by Crippen LogP contribution is 2.15. The molecule has 0 aromatic heterocycles. The molecule has 5 heteroatoms. The lowest BCUT2D eigenvalue weighted by Gasteiger charge is -2.13. The van der Waals surface area contributed by atoms with Crippen molar-refractivity contribution in [2.24, 2.45) is 10.9 Å². The van der Waals surface area contributed by atoms with E-state index in [2.05, 4.69) is 10.5 Å². The van der Waals surface area contributed by atoms with Crippen molar-refractivity contribution >= 4 is 5.84 Å². The van der Waals surface area contributed by atoms with E-state index < -0.39 is 0 Å². The number of aryl methyl sites for hydroxylation is 1. The summed E-state index contributed by atoms with van der Waals surface area (Å²) in [7, 11) is 3.23. The smallest absolute Gasteiger partial charge is 0.152 e. The van der Waals surface area contributed by atoms with Crippen molar-refractivity contribution in [1.29, 1.82) is 0 Å². The van der Waals surface area contributed by atoms with Crippen LogP contribution in [0.1, 0.15) is 16.7 Å². The molecule has 1 aromatic rings. The quantitative estimate of drug-likeness (QED) is 0.452. The fraction of sp³-hybridized carbons (Fsp3) is 0.364. The van der Waals surface area contributed by atoms with Gasteiger partial charge >= 0.3 is 0 Å². The highest BCUT2D eigenvalue weighted by molar-refractivity contribution is 5.99. The first-order chi connectivity index (χ1) is 7.74. The Morgan fingerprint density at radius 1 is 1.50 bits per heavy atom. The molecular weight excluding hydrogens is 206 g/mol. The average Bonchev–Trinajstić information content (AvgIpc) is 2.29. The van der Waals surface area contributed by atoms with Crippen molar-refractivity contribution in [2.45, 2.75) is 13.5 Å². The first kappa shape index (κ1) is 12.6. The van der Waals surface area contributed by atoms with Gasteiger partial charge in [0, 0.05) is 12.6 Å². The predicted octanol–water partition coefficient (Wildman–Crippen LogP) is 0.913. The van der Waals surface area contributed by atoms with E-state index in [-0.39, 0.29) is 0 Å². The van der Waals surface area contributed by atoms with Crippen molar-refractivity contribution in [3.8, 4) is 0 Å². The van der Waals surface area contributed by atoms with Gasteiger partial charge in [0.15, 0.2) is 5.84 Å². The van der Waals surface area contributed by atoms with Gasteiger partial charge in [0.05, 0.1) is 13.7 Å². The van der Waals surface area contributed by atoms with Gasteiger partial charge in [-0.25, -0.2) is 11.4 Å². The van der Waals surface area contributed by atoms with Gasteiger partial charge < -0.3 is 0 Å². The molecule has 0 spiro atoms. The number of nitrogens with one attached hydrogen (secondary N) is 1. The van der Waals surface area contributed by atoms with Crippen molar-refractivity contribution in [1.82, 2.24) is 5.48 Å². The van der Waals surface area contributed by atoms with Crippen molar-refractivity contribution < 1.29 is 9.68 Å². The van der Waals surface area contributed by atoms with E-state index >= 15 is 0 Å². The monoisotopic (exact) mass is 223 g/mol. The van der Waals surface area contributed by atoms with Crippen LogP contribution < -0.4 is 11.4 Å². The van der Waals surface area contributed by atoms with Crippen LogP contribution >= 0.6 is 0 Å². The van der Waals surface area contributed by atoms with Gasteiger partial charge in [0.1, 0.15) is 0 Å². The van der Waals surface area contributed by atoms with Crippen LogP contribution in [0.25, 0.3) is 0 Å². The third-order valence-electron chi connectivity index (χ3n) is 2.32. The summed E-state index contributed by atoms with van der Waals surface area (Å²) in [6.07, 6.45) is 0. The maximum Gasteiger partial charge on any atom is 0.152 e. The van der Waals surface area contributed by atoms with Gasteiger partial charge in [-0.3, -0.25) is 14.7 Å². The molecule has 0 fully saturated rings. The van der Waals surface area contributed by atoms with Crippen LogP contribution in [0.5, 0.6) is 0 Å². The summed E-state index contributed by atoms with van der Waals surface area (Å²) in [5, 5.41) is 0. The van der Waals surface area contributed by atoms with E-state index in [1.165, 1.54) is 0 Å². The Bertz CT molecular complexity index is 377. The molecule has 5 nitrogen and oxygen atoms in total. The molecule has 0 amide bonds. The summed E-state index contributed by atoms with van der Waals surface area (Å²) in [6.45, 7) is 2.34. The Balaban J connectivity index is 3.15. The number of benzene rings is 1. The van der Waals surface area contributed by atoms with Crippen LogP contribution in [-0.4, -0.2) is 20.0 Å². The molecule has 0 aliphatic heterocycles. The molecule has 1 aromatic carbocycles. The molecule has 16 heavy (non-hydrogen) atoms. The van der Waals surface area contributed by atoms with E-state index in [4.69, 9.17) is 15.6 Å². The van der Waals surface area contributed by atoms with E-state index in [0.717, 1.165) is 16.7 Å². The summed E-state index contributed by atoms with van der Waals surface area (Å²) in [5.74, 6) is 5.77. The number of hydroxylamine groups is 1. The lowest BCUT2D eigenvalue weighted by Crippen LogP contribution is -2.25. The van der Waals surface area contributed by atoms with Gasteiger partial charge in [0.2, 0.25) is 0 Å². The zero-order valence-electron chi connectivity index (χ0n) is 9.78. The zero-order chi connectivity index (χ0) is 12.0. The number of rotatable bonds is 4. The van der Waals surface area contributed by atoms with Crippen LogP contribution in [0.15, 0.2) is 23.2 Å². The SMILES string of the molecule is CN=C(NOC)c1cccc(C)c1CON. The molecule has 1 rings (SSSR count). The lowest BCUT2D eigenvalue weighted by molar-refractivity contribution is 0.123. The zero-order valence-corrected chi connectivity index (χ0v) is 9.78. The third kappa shape index (κ3) is 2.79. The fourth-order valence-electron chi connectivity index (χ4n) is 1.52. The van der Waals surface area contributed by atoms with Crippen LogP contribution in [-0.2, 0) is 16.3 Å². The number of hydrogen-bond acceptors (Lipinski definition) is 4. The molecule has 88 valence electrons. The van der Waals surface area contributed by atoms with Crippen LogP contribution in [0.3, 0.4) is 0 Å². The number of hydrogen-bond donors (Lipinski definition) is 2. The van der Waals surface area contributed by atoms with E-state index in [1.54, 1.807) is 14.2 Å². The van der Waals surface area contributed by atoms with Crippen LogP contribution in [0.4, 0.5) is 0 Å². The van der Waals surface area contributed by atoms with E-state index in [1.807, 2.05) is 25.1 Å². The molecule has 0 atom stereocenters. The lowest BCUT2D eigenvalue weighted by atomic mass is 10.0. The number of nitrogens with zero attached hydrogens (tertiary/aromatic N) is 1. The topological polar surface area (TPSA) is 68.9 Å². The number of aliphatic imine (C=N–C) groups is 1. The molecule has 0 aliphatic carbocycles. The summed E-state index contributed by atoms with van der Waals surface area (Å²) < 4.78 is 0. The molecule has 0 heterocycles. The van der Waals surface area contributed by atoms with Crippen molar-refractivity contribution in [2.75, 3.05) is 14.2 Å². The predicted molar refractivity (Wildman–Crippen MR) is 62.8 cm³/mol. The minimum Gasteiger partial charge on any atom is -0.300 e. The van der Waals surface area contributed by atoms with E-state index in [0.29, 0.717) is 12.4 Å². The number of amidine groups is 1. The molecule has 0 aliphatic rings. The minimum atomic E-state index is 0.340. The van der Waals surface area contributed by atoms with E-state index in [9.17, 15) is 0 Å². The Morgan fingerprint density at radius 2 is 2.25 bits per heavy atom. The normalized spacial score (nSPS) is 11.6. The largest absolute Gasteiger partial charge is 0.300 e. The third-order valence-corrected chi connectivity index (χ3v) is 2.32. The Labute approximate surface area is 95.2 Å². The second-order valence-corrected chi connectivity index (χ2v) is 3.29. The van der Waals surface area contributed by atoms with Crippen LogP contribution in [0, 0.1) is 6.92 Å². The van der Waals surface area contributed by atoms with Gasteiger partial charge in [-0.2, -0.15) is 0 Å². The molecule has 0 radical (unpaired) electrons. The molecule has 0 unspecified atom stereocenters. The molecule has 0 bridgehead atoms. The summed E-state index contributed by atoms with van der Waals surface area (Å²) in [4.78, 5) is 13.7. The molecular formula is C11H17N3O2. The summed E-state index contributed by atoms with van der Waals surface area (Å²) >= 11 is 0. The first-order valence-electron chi connectivity index (χ1n) is 4.91. The van der Waals surface area contributed by atoms with Gasteiger partial charge in [-0.15, -0.1) is 0 Å². The van der Waals surface area contributed by atoms with Crippen molar-refractivity contribution in [3.05, 3.63) is 34.9 Å². The Morgan fingerprint density at radius 3 is 2.81 bits per heavy atom. The molecule has 0 saturated carbocycles. The second kappa shape index (κ2) is 6.22. The second-order valence-electron chi connectivity index (χ2n) is 3.29. The van der Waals surface area contributed by atoms with Crippen LogP contribution in [0.2, 0.25) is 0 Å². The highest BCUT2D eigenvalue weighted by Gasteiger charge is 2.10. The maximum absolute atomic E-state index is 5.12. The highest BCUT2D eigenvalue weighted by atomic mass is 16.6. The summed E-state index contributed by atoms with van der Waals surface area (Å²) in [6, 6.07) is 5.89. The Kier molecular flexibility index (Phi) is 4.91. The minimum absolute atomic E-state index is 0.340. The van der Waals surface area contributed by atoms with Gasteiger partial charge in [-0.1, -0.05) is 18.2 Å². The first-order valence-corrected chi connectivity index (χ1v) is 4.91. The molecule has 3 N–H and O–H groups in total.